The van der Waals surface area contributed by atoms with Crippen molar-refractivity contribution >= 4 is 29.2 Å². The number of nitrogens with two attached hydrogens (primary N) is 1. The number of hydrogen-bond acceptors (Lipinski definition) is 4. The van der Waals surface area contributed by atoms with Gasteiger partial charge in [0.05, 0.1) is 10.7 Å². The van der Waals surface area contributed by atoms with E-state index in [1.54, 1.807) is 18.2 Å². The third kappa shape index (κ3) is 2.00. The minimum Gasteiger partial charge on any atom is -0.291 e. The van der Waals surface area contributed by atoms with E-state index >= 15 is 0 Å². The van der Waals surface area contributed by atoms with Gasteiger partial charge in [0, 0.05) is 4.90 Å². The molecule has 3 nitrogen and oxygen atoms in total. The number of halogens is 1. The smallest absolute Gasteiger partial charge is 0.0799 e. The zero-order chi connectivity index (χ0) is 8.27. The normalized spacial score (nSPS) is 9.73. The standard InChI is InChI=1S/C6H7ClN2OS/c7-5-2-1-4(11-8)3-6(5)9-10/h1-3,9-10H,8H2. The molecule has 0 unspecified atom stereocenters. The van der Waals surface area contributed by atoms with E-state index in [9.17, 15) is 0 Å². The minimum absolute atomic E-state index is 0.460. The zero-order valence-corrected chi connectivity index (χ0v) is 7.12. The number of hydrogen-bond donors (Lipinski definition) is 3. The first-order valence-corrected chi connectivity index (χ1v) is 4.10. The van der Waals surface area contributed by atoms with Gasteiger partial charge in [0.25, 0.3) is 0 Å². The molecule has 0 aliphatic rings. The first-order valence-electron chi connectivity index (χ1n) is 2.84. The van der Waals surface area contributed by atoms with E-state index in [0.717, 1.165) is 16.8 Å². The molecule has 0 amide bonds. The molecule has 60 valence electrons. The molecule has 11 heavy (non-hydrogen) atoms. The summed E-state index contributed by atoms with van der Waals surface area (Å²) in [5.74, 6) is 0. The van der Waals surface area contributed by atoms with Gasteiger partial charge in [-0.2, -0.15) is 0 Å². The molecule has 0 atom stereocenters. The Labute approximate surface area is 73.6 Å². The van der Waals surface area contributed by atoms with Gasteiger partial charge in [-0.05, 0) is 30.1 Å². The Hall–Kier alpha value is -0.420. The summed E-state index contributed by atoms with van der Waals surface area (Å²) in [6.07, 6.45) is 0. The Morgan fingerprint density at radius 1 is 1.55 bits per heavy atom. The van der Waals surface area contributed by atoms with E-state index in [4.69, 9.17) is 21.9 Å². The molecular weight excluding hydrogens is 184 g/mol. The fourth-order valence-corrected chi connectivity index (χ4v) is 1.16. The summed E-state index contributed by atoms with van der Waals surface area (Å²) >= 11 is 6.78. The van der Waals surface area contributed by atoms with Gasteiger partial charge in [0.2, 0.25) is 0 Å². The van der Waals surface area contributed by atoms with Gasteiger partial charge >= 0.3 is 0 Å². The van der Waals surface area contributed by atoms with Gasteiger partial charge in [-0.15, -0.1) is 0 Å². The SMILES string of the molecule is NSc1ccc(Cl)c(NO)c1. The van der Waals surface area contributed by atoms with Crippen LogP contribution in [0.1, 0.15) is 0 Å². The third-order valence-corrected chi connectivity index (χ3v) is 2.05. The topological polar surface area (TPSA) is 58.3 Å². The van der Waals surface area contributed by atoms with Crippen molar-refractivity contribution in [3.63, 3.8) is 0 Å². The maximum atomic E-state index is 8.55. The van der Waals surface area contributed by atoms with Crippen LogP contribution in [0.25, 0.3) is 0 Å². The van der Waals surface area contributed by atoms with Crippen molar-refractivity contribution in [3.05, 3.63) is 23.2 Å². The second-order valence-corrected chi connectivity index (χ2v) is 2.99. The van der Waals surface area contributed by atoms with Gasteiger partial charge in [-0.3, -0.25) is 15.8 Å². The van der Waals surface area contributed by atoms with Crippen LogP contribution >= 0.6 is 23.5 Å². The lowest BCUT2D eigenvalue weighted by atomic mass is 10.3. The van der Waals surface area contributed by atoms with Gasteiger partial charge in [-0.25, -0.2) is 0 Å². The van der Waals surface area contributed by atoms with Crippen LogP contribution in [0.2, 0.25) is 5.02 Å². The molecule has 4 N–H and O–H groups in total. The van der Waals surface area contributed by atoms with Crippen molar-refractivity contribution in [2.75, 3.05) is 5.48 Å². The maximum Gasteiger partial charge on any atom is 0.0799 e. The molecule has 1 rings (SSSR count). The van der Waals surface area contributed by atoms with E-state index < -0.39 is 0 Å². The summed E-state index contributed by atoms with van der Waals surface area (Å²) in [7, 11) is 0. The highest BCUT2D eigenvalue weighted by molar-refractivity contribution is 7.97. The number of anilines is 1. The van der Waals surface area contributed by atoms with E-state index in [1.807, 2.05) is 5.48 Å². The summed E-state index contributed by atoms with van der Waals surface area (Å²) < 4.78 is 0. The third-order valence-electron chi connectivity index (χ3n) is 1.19. The largest absolute Gasteiger partial charge is 0.291 e. The lowest BCUT2D eigenvalue weighted by Gasteiger charge is -2.02. The van der Waals surface area contributed by atoms with E-state index in [2.05, 4.69) is 0 Å². The fraction of sp³-hybridized carbons (Fsp3) is 0. The average molecular weight is 191 g/mol. The Morgan fingerprint density at radius 3 is 2.82 bits per heavy atom. The van der Waals surface area contributed by atoms with Crippen LogP contribution in [-0.4, -0.2) is 5.21 Å². The Morgan fingerprint density at radius 2 is 2.27 bits per heavy atom. The van der Waals surface area contributed by atoms with Crippen LogP contribution in [0, 0.1) is 0 Å². The van der Waals surface area contributed by atoms with Crippen molar-refractivity contribution in [2.45, 2.75) is 4.90 Å². The molecule has 0 heterocycles. The first-order chi connectivity index (χ1) is 5.27. The van der Waals surface area contributed by atoms with Gasteiger partial charge in [0.15, 0.2) is 0 Å². The van der Waals surface area contributed by atoms with Crippen molar-refractivity contribution < 1.29 is 5.21 Å². The van der Waals surface area contributed by atoms with E-state index in [-0.39, 0.29) is 0 Å². The number of rotatable bonds is 2. The zero-order valence-electron chi connectivity index (χ0n) is 5.54. The molecule has 0 fully saturated rings. The summed E-state index contributed by atoms with van der Waals surface area (Å²) in [6.45, 7) is 0. The van der Waals surface area contributed by atoms with Crippen LogP contribution < -0.4 is 10.6 Å². The molecule has 5 heteroatoms. The summed E-state index contributed by atoms with van der Waals surface area (Å²) in [4.78, 5) is 0.839. The lowest BCUT2D eigenvalue weighted by Crippen LogP contribution is -1.90. The molecule has 1 aromatic rings. The second kappa shape index (κ2) is 3.82. The highest BCUT2D eigenvalue weighted by Gasteiger charge is 1.99. The minimum atomic E-state index is 0.460. The molecule has 0 bridgehead atoms. The summed E-state index contributed by atoms with van der Waals surface area (Å²) in [5, 5.41) is 14.3. The van der Waals surface area contributed by atoms with Crippen LogP contribution in [-0.2, 0) is 0 Å². The molecule has 0 saturated heterocycles. The highest BCUT2D eigenvalue weighted by atomic mass is 35.5. The summed E-state index contributed by atoms with van der Waals surface area (Å²) in [5.41, 5.74) is 2.43. The average Bonchev–Trinajstić information content (AvgIpc) is 2.05. The predicted octanol–water partition coefficient (Wildman–Crippen LogP) is 2.11. The Bertz CT molecular complexity index is 256. The van der Waals surface area contributed by atoms with Crippen LogP contribution in [0.3, 0.4) is 0 Å². The van der Waals surface area contributed by atoms with Crippen molar-refractivity contribution in [1.29, 1.82) is 0 Å². The van der Waals surface area contributed by atoms with Crippen molar-refractivity contribution in [3.8, 4) is 0 Å². The van der Waals surface area contributed by atoms with E-state index in [1.165, 1.54) is 0 Å². The summed E-state index contributed by atoms with van der Waals surface area (Å²) in [6, 6.07) is 5.09. The maximum absolute atomic E-state index is 8.55. The molecule has 1 aromatic carbocycles. The quantitative estimate of drug-likeness (QED) is 0.494. The first kappa shape index (κ1) is 8.67. The molecule has 0 aromatic heterocycles. The Kier molecular flexibility index (Phi) is 3.02. The number of nitrogens with one attached hydrogen (secondary N) is 1. The van der Waals surface area contributed by atoms with Crippen molar-refractivity contribution in [1.82, 2.24) is 0 Å². The molecule has 0 spiro atoms. The van der Waals surface area contributed by atoms with Gasteiger partial charge < -0.3 is 0 Å². The van der Waals surface area contributed by atoms with Crippen LogP contribution in [0.15, 0.2) is 23.1 Å². The molecule has 0 radical (unpaired) electrons. The highest BCUT2D eigenvalue weighted by Crippen LogP contribution is 2.25. The van der Waals surface area contributed by atoms with Crippen molar-refractivity contribution in [2.24, 2.45) is 5.14 Å². The van der Waals surface area contributed by atoms with Gasteiger partial charge in [0.1, 0.15) is 0 Å². The predicted molar refractivity (Wildman–Crippen MR) is 46.9 cm³/mol. The molecule has 0 aliphatic heterocycles. The number of benzene rings is 1. The second-order valence-electron chi connectivity index (χ2n) is 1.87. The monoisotopic (exact) mass is 190 g/mol. The molecule has 0 saturated carbocycles. The fourth-order valence-electron chi connectivity index (χ4n) is 0.663. The van der Waals surface area contributed by atoms with Gasteiger partial charge in [-0.1, -0.05) is 11.6 Å². The lowest BCUT2D eigenvalue weighted by molar-refractivity contribution is 0.389. The van der Waals surface area contributed by atoms with E-state index in [0.29, 0.717) is 10.7 Å². The molecule has 0 aliphatic carbocycles. The van der Waals surface area contributed by atoms with Crippen LogP contribution in [0.4, 0.5) is 5.69 Å². The van der Waals surface area contributed by atoms with Crippen LogP contribution in [0.5, 0.6) is 0 Å². The molecular formula is C6H7ClN2OS. The Balaban J connectivity index is 3.02.